The molecular formula is C16H19NO2S. The van der Waals surface area contributed by atoms with Gasteiger partial charge in [0.2, 0.25) is 0 Å². The van der Waals surface area contributed by atoms with E-state index in [2.05, 4.69) is 5.32 Å². The first-order valence-electron chi connectivity index (χ1n) is 7.01. The third-order valence-electron chi connectivity index (χ3n) is 4.28. The zero-order chi connectivity index (χ0) is 14.2. The van der Waals surface area contributed by atoms with Gasteiger partial charge in [0.25, 0.3) is 0 Å². The quantitative estimate of drug-likeness (QED) is 0.945. The van der Waals surface area contributed by atoms with Crippen LogP contribution in [0.4, 0.5) is 0 Å². The molecule has 0 bridgehead atoms. The van der Waals surface area contributed by atoms with E-state index in [-0.39, 0.29) is 5.25 Å². The van der Waals surface area contributed by atoms with Crippen molar-refractivity contribution in [1.29, 1.82) is 0 Å². The molecule has 2 atom stereocenters. The Hall–Kier alpha value is -1.39. The predicted octanol–water partition coefficient (Wildman–Crippen LogP) is 2.75. The summed E-state index contributed by atoms with van der Waals surface area (Å²) in [6, 6.07) is 13.6. The highest BCUT2D eigenvalue weighted by Gasteiger charge is 2.34. The lowest BCUT2D eigenvalue weighted by atomic mass is 10.1. The average molecular weight is 289 g/mol. The average Bonchev–Trinajstić information content (AvgIpc) is 2.96. The van der Waals surface area contributed by atoms with Crippen LogP contribution in [-0.2, 0) is 9.84 Å². The molecule has 2 aromatic carbocycles. The van der Waals surface area contributed by atoms with Crippen molar-refractivity contribution in [2.24, 2.45) is 0 Å². The SMILES string of the molecule is CNC1CCC(S(=O)(=O)c2ccc3ccccc3c2)C1. The van der Waals surface area contributed by atoms with E-state index in [9.17, 15) is 8.42 Å². The molecule has 0 aliphatic heterocycles. The summed E-state index contributed by atoms with van der Waals surface area (Å²) in [6.45, 7) is 0. The summed E-state index contributed by atoms with van der Waals surface area (Å²) >= 11 is 0. The molecule has 0 radical (unpaired) electrons. The summed E-state index contributed by atoms with van der Waals surface area (Å²) in [5.41, 5.74) is 0. The van der Waals surface area contributed by atoms with Crippen molar-refractivity contribution in [3.63, 3.8) is 0 Å². The summed E-state index contributed by atoms with van der Waals surface area (Å²) < 4.78 is 25.4. The van der Waals surface area contributed by atoms with E-state index in [0.717, 1.165) is 23.6 Å². The predicted molar refractivity (Wildman–Crippen MR) is 81.6 cm³/mol. The van der Waals surface area contributed by atoms with Gasteiger partial charge in [-0.1, -0.05) is 30.3 Å². The maximum atomic E-state index is 12.7. The van der Waals surface area contributed by atoms with Crippen LogP contribution in [0.25, 0.3) is 10.8 Å². The second-order valence-electron chi connectivity index (χ2n) is 5.47. The monoisotopic (exact) mass is 289 g/mol. The van der Waals surface area contributed by atoms with Gasteiger partial charge in [-0.25, -0.2) is 8.42 Å². The fourth-order valence-electron chi connectivity index (χ4n) is 3.02. The van der Waals surface area contributed by atoms with Gasteiger partial charge in [0.1, 0.15) is 0 Å². The van der Waals surface area contributed by atoms with Crippen LogP contribution in [0.5, 0.6) is 0 Å². The van der Waals surface area contributed by atoms with E-state index in [1.165, 1.54) is 0 Å². The number of hydrogen-bond donors (Lipinski definition) is 1. The molecule has 20 heavy (non-hydrogen) atoms. The Morgan fingerprint density at radius 2 is 1.80 bits per heavy atom. The zero-order valence-electron chi connectivity index (χ0n) is 11.5. The van der Waals surface area contributed by atoms with Crippen LogP contribution in [0.1, 0.15) is 19.3 Å². The fraction of sp³-hybridized carbons (Fsp3) is 0.375. The fourth-order valence-corrected chi connectivity index (χ4v) is 4.89. The lowest BCUT2D eigenvalue weighted by molar-refractivity contribution is 0.564. The van der Waals surface area contributed by atoms with Crippen LogP contribution >= 0.6 is 0 Å². The van der Waals surface area contributed by atoms with E-state index in [1.54, 1.807) is 12.1 Å². The molecule has 1 aliphatic carbocycles. The van der Waals surface area contributed by atoms with Crippen LogP contribution in [0.2, 0.25) is 0 Å². The Kier molecular flexibility index (Phi) is 3.52. The minimum absolute atomic E-state index is 0.249. The van der Waals surface area contributed by atoms with Gasteiger partial charge in [-0.05, 0) is 49.2 Å². The van der Waals surface area contributed by atoms with Gasteiger partial charge in [-0.15, -0.1) is 0 Å². The minimum Gasteiger partial charge on any atom is -0.317 e. The normalized spacial score (nSPS) is 23.2. The van der Waals surface area contributed by atoms with E-state index in [4.69, 9.17) is 0 Å². The lowest BCUT2D eigenvalue weighted by Crippen LogP contribution is -2.25. The largest absolute Gasteiger partial charge is 0.317 e. The molecule has 2 aromatic rings. The van der Waals surface area contributed by atoms with Crippen LogP contribution in [0.3, 0.4) is 0 Å². The highest BCUT2D eigenvalue weighted by Crippen LogP contribution is 2.31. The van der Waals surface area contributed by atoms with Crippen molar-refractivity contribution >= 4 is 20.6 Å². The third kappa shape index (κ3) is 2.34. The zero-order valence-corrected chi connectivity index (χ0v) is 12.4. The summed E-state index contributed by atoms with van der Waals surface area (Å²) in [5, 5.41) is 4.99. The van der Waals surface area contributed by atoms with Gasteiger partial charge < -0.3 is 5.32 Å². The summed E-state index contributed by atoms with van der Waals surface area (Å²) in [7, 11) is -1.31. The molecule has 106 valence electrons. The van der Waals surface area contributed by atoms with Crippen molar-refractivity contribution in [2.75, 3.05) is 7.05 Å². The van der Waals surface area contributed by atoms with E-state index in [0.29, 0.717) is 17.4 Å². The molecule has 0 spiro atoms. The number of rotatable bonds is 3. The minimum atomic E-state index is -3.21. The first-order chi connectivity index (χ1) is 9.61. The first-order valence-corrected chi connectivity index (χ1v) is 8.56. The number of benzene rings is 2. The smallest absolute Gasteiger partial charge is 0.181 e. The van der Waals surface area contributed by atoms with Crippen LogP contribution < -0.4 is 5.32 Å². The highest BCUT2D eigenvalue weighted by atomic mass is 32.2. The molecule has 1 aliphatic rings. The van der Waals surface area contributed by atoms with Gasteiger partial charge >= 0.3 is 0 Å². The molecule has 1 saturated carbocycles. The maximum Gasteiger partial charge on any atom is 0.181 e. The van der Waals surface area contributed by atoms with Gasteiger partial charge in [0.05, 0.1) is 10.1 Å². The van der Waals surface area contributed by atoms with Gasteiger partial charge in [0, 0.05) is 6.04 Å². The summed E-state index contributed by atoms with van der Waals surface area (Å²) in [5.74, 6) is 0. The highest BCUT2D eigenvalue weighted by molar-refractivity contribution is 7.92. The Labute approximate surface area is 119 Å². The Morgan fingerprint density at radius 1 is 1.05 bits per heavy atom. The molecule has 3 rings (SSSR count). The summed E-state index contributed by atoms with van der Waals surface area (Å²) in [4.78, 5) is 0.456. The van der Waals surface area contributed by atoms with Crippen LogP contribution in [0.15, 0.2) is 47.4 Å². The second-order valence-corrected chi connectivity index (χ2v) is 7.70. The van der Waals surface area contributed by atoms with Crippen molar-refractivity contribution in [3.8, 4) is 0 Å². The number of sulfone groups is 1. The van der Waals surface area contributed by atoms with Gasteiger partial charge in [-0.2, -0.15) is 0 Å². The van der Waals surface area contributed by atoms with Crippen molar-refractivity contribution in [2.45, 2.75) is 35.4 Å². The van der Waals surface area contributed by atoms with Crippen LogP contribution in [0, 0.1) is 0 Å². The van der Waals surface area contributed by atoms with Gasteiger partial charge in [-0.3, -0.25) is 0 Å². The molecule has 0 amide bonds. The molecule has 4 heteroatoms. The third-order valence-corrected chi connectivity index (χ3v) is 6.50. The maximum absolute atomic E-state index is 12.7. The van der Waals surface area contributed by atoms with Crippen molar-refractivity contribution < 1.29 is 8.42 Å². The van der Waals surface area contributed by atoms with Crippen LogP contribution in [-0.4, -0.2) is 26.8 Å². The first kappa shape index (κ1) is 13.6. The molecule has 0 saturated heterocycles. The van der Waals surface area contributed by atoms with Crippen molar-refractivity contribution in [1.82, 2.24) is 5.32 Å². The van der Waals surface area contributed by atoms with Crippen molar-refractivity contribution in [3.05, 3.63) is 42.5 Å². The number of nitrogens with one attached hydrogen (secondary N) is 1. The topological polar surface area (TPSA) is 46.2 Å². The molecule has 1 fully saturated rings. The second kappa shape index (κ2) is 5.19. The lowest BCUT2D eigenvalue weighted by Gasteiger charge is -2.13. The Balaban J connectivity index is 1.97. The number of hydrogen-bond acceptors (Lipinski definition) is 3. The molecule has 1 N–H and O–H groups in total. The standard InChI is InChI=1S/C16H19NO2S/c1-17-14-7-9-16(11-14)20(18,19)15-8-6-12-4-2-3-5-13(12)10-15/h2-6,8,10,14,16-17H,7,9,11H2,1H3. The molecular weight excluding hydrogens is 270 g/mol. The molecule has 2 unspecified atom stereocenters. The Bertz CT molecular complexity index is 724. The molecule has 0 heterocycles. The molecule has 0 aromatic heterocycles. The Morgan fingerprint density at radius 3 is 2.50 bits per heavy atom. The van der Waals surface area contributed by atoms with Gasteiger partial charge in [0.15, 0.2) is 9.84 Å². The summed E-state index contributed by atoms with van der Waals surface area (Å²) in [6.07, 6.45) is 2.40. The van der Waals surface area contributed by atoms with E-state index >= 15 is 0 Å². The molecule has 3 nitrogen and oxygen atoms in total. The van der Waals surface area contributed by atoms with E-state index in [1.807, 2.05) is 37.4 Å². The van der Waals surface area contributed by atoms with E-state index < -0.39 is 9.84 Å². The number of fused-ring (bicyclic) bond motifs is 1.